The Morgan fingerprint density at radius 2 is 2.18 bits per heavy atom. The molecule has 0 saturated heterocycles. The third-order valence-electron chi connectivity index (χ3n) is 2.22. The van der Waals surface area contributed by atoms with E-state index in [-0.39, 0.29) is 5.41 Å². The third kappa shape index (κ3) is 1.88. The zero-order valence-electron chi connectivity index (χ0n) is 7.54. The maximum absolute atomic E-state index is 4.28. The molecule has 0 aromatic carbocycles. The molecule has 11 heavy (non-hydrogen) atoms. The lowest BCUT2D eigenvalue weighted by Gasteiger charge is -2.26. The van der Waals surface area contributed by atoms with Gasteiger partial charge >= 0.3 is 0 Å². The van der Waals surface area contributed by atoms with Crippen molar-refractivity contribution in [3.05, 3.63) is 0 Å². The zero-order chi connectivity index (χ0) is 8.32. The van der Waals surface area contributed by atoms with Crippen LogP contribution in [0, 0.1) is 5.41 Å². The lowest BCUT2D eigenvalue weighted by atomic mass is 9.81. The number of nitrogens with zero attached hydrogens (tertiary/aromatic N) is 2. The Labute approximate surface area is 68.4 Å². The average molecular weight is 152 g/mol. The average Bonchev–Trinajstić information content (AvgIpc) is 2.37. The summed E-state index contributed by atoms with van der Waals surface area (Å²) in [7, 11) is 0. The molecule has 0 radical (unpaired) electrons. The molecular weight excluding hydrogens is 136 g/mol. The van der Waals surface area contributed by atoms with E-state index in [9.17, 15) is 0 Å². The summed E-state index contributed by atoms with van der Waals surface area (Å²) in [5.41, 5.74) is 0.283. The van der Waals surface area contributed by atoms with Crippen LogP contribution in [0.2, 0.25) is 0 Å². The van der Waals surface area contributed by atoms with Crippen LogP contribution in [0.25, 0.3) is 0 Å². The molecule has 62 valence electrons. The fraction of sp³-hybridized carbons (Fsp3) is 0.778. The van der Waals surface area contributed by atoms with Gasteiger partial charge < -0.3 is 0 Å². The van der Waals surface area contributed by atoms with Crippen LogP contribution in [0.1, 0.15) is 33.6 Å². The predicted molar refractivity (Wildman–Crippen MR) is 49.5 cm³/mol. The van der Waals surface area contributed by atoms with E-state index in [4.69, 9.17) is 0 Å². The topological polar surface area (TPSA) is 24.7 Å². The summed E-state index contributed by atoms with van der Waals surface area (Å²) in [5.74, 6) is 0. The smallest absolute Gasteiger partial charge is 0.110 e. The van der Waals surface area contributed by atoms with E-state index < -0.39 is 0 Å². The summed E-state index contributed by atoms with van der Waals surface area (Å²) in [6.45, 7) is 6.70. The number of rotatable bonds is 3. The molecule has 0 saturated carbocycles. The second kappa shape index (κ2) is 3.16. The van der Waals surface area contributed by atoms with E-state index in [1.807, 2.05) is 6.21 Å². The first-order valence-corrected chi connectivity index (χ1v) is 4.22. The van der Waals surface area contributed by atoms with E-state index in [1.165, 1.54) is 12.8 Å². The van der Waals surface area contributed by atoms with Crippen molar-refractivity contribution in [2.45, 2.75) is 39.7 Å². The highest BCUT2D eigenvalue weighted by Gasteiger charge is 2.27. The minimum Gasteiger partial charge on any atom is -0.264 e. The number of aliphatic imine (C=N–C) groups is 2. The van der Waals surface area contributed by atoms with E-state index in [2.05, 4.69) is 30.8 Å². The number of hydrogen-bond donors (Lipinski definition) is 0. The summed E-state index contributed by atoms with van der Waals surface area (Å²) in [6.07, 6.45) is 6.02. The maximum Gasteiger partial charge on any atom is 0.110 e. The molecule has 2 heteroatoms. The minimum atomic E-state index is 0.283. The van der Waals surface area contributed by atoms with Gasteiger partial charge in [-0.05, 0) is 11.8 Å². The fourth-order valence-corrected chi connectivity index (χ4v) is 1.46. The van der Waals surface area contributed by atoms with E-state index in [0.29, 0.717) is 6.04 Å². The zero-order valence-corrected chi connectivity index (χ0v) is 7.54. The number of hydrogen-bond acceptors (Lipinski definition) is 2. The van der Waals surface area contributed by atoms with E-state index >= 15 is 0 Å². The van der Waals surface area contributed by atoms with Crippen molar-refractivity contribution in [1.29, 1.82) is 0 Å². The van der Waals surface area contributed by atoms with Crippen LogP contribution in [0.4, 0.5) is 0 Å². The van der Waals surface area contributed by atoms with Crippen molar-refractivity contribution in [3.8, 4) is 0 Å². The highest BCUT2D eigenvalue weighted by molar-refractivity contribution is 5.82. The Morgan fingerprint density at radius 1 is 1.45 bits per heavy atom. The molecule has 0 aromatic heterocycles. The molecule has 0 spiro atoms. The van der Waals surface area contributed by atoms with Gasteiger partial charge in [0.25, 0.3) is 0 Å². The van der Waals surface area contributed by atoms with Crippen molar-refractivity contribution < 1.29 is 0 Å². The molecule has 0 amide bonds. The second-order valence-corrected chi connectivity index (χ2v) is 3.75. The summed E-state index contributed by atoms with van der Waals surface area (Å²) in [5, 5.41) is 0. The van der Waals surface area contributed by atoms with E-state index in [0.717, 1.165) is 0 Å². The highest BCUT2D eigenvalue weighted by Crippen LogP contribution is 2.28. The monoisotopic (exact) mass is 152 g/mol. The van der Waals surface area contributed by atoms with Crippen molar-refractivity contribution in [2.24, 2.45) is 15.4 Å². The molecule has 0 aliphatic carbocycles. The SMILES string of the molecule is CCCC(C)(C)C1C=NC=N1. The van der Waals surface area contributed by atoms with Crippen LogP contribution in [0.5, 0.6) is 0 Å². The standard InChI is InChI=1S/C9H16N2/c1-4-5-9(2,3)8-6-10-7-11-8/h6-8H,4-5H2,1-3H3. The predicted octanol–water partition coefficient (Wildman–Crippen LogP) is 2.29. The van der Waals surface area contributed by atoms with Gasteiger partial charge in [0.15, 0.2) is 0 Å². The molecule has 1 heterocycles. The van der Waals surface area contributed by atoms with Crippen molar-refractivity contribution in [2.75, 3.05) is 0 Å². The minimum absolute atomic E-state index is 0.283. The van der Waals surface area contributed by atoms with Crippen LogP contribution in [0.15, 0.2) is 9.98 Å². The second-order valence-electron chi connectivity index (χ2n) is 3.75. The maximum atomic E-state index is 4.28. The van der Waals surface area contributed by atoms with Crippen LogP contribution in [-0.4, -0.2) is 18.6 Å². The molecule has 1 unspecified atom stereocenters. The molecule has 0 aromatic rings. The first-order chi connectivity index (χ1) is 5.17. The van der Waals surface area contributed by atoms with Gasteiger partial charge in [0.2, 0.25) is 0 Å². The molecule has 1 atom stereocenters. The highest BCUT2D eigenvalue weighted by atomic mass is 15.0. The van der Waals surface area contributed by atoms with Gasteiger partial charge in [0.05, 0.1) is 6.04 Å². The van der Waals surface area contributed by atoms with E-state index in [1.54, 1.807) is 6.34 Å². The van der Waals surface area contributed by atoms with Crippen LogP contribution in [-0.2, 0) is 0 Å². The molecular formula is C9H16N2. The van der Waals surface area contributed by atoms with Gasteiger partial charge in [-0.3, -0.25) is 4.99 Å². The van der Waals surface area contributed by atoms with Crippen LogP contribution >= 0.6 is 0 Å². The fourth-order valence-electron chi connectivity index (χ4n) is 1.46. The van der Waals surface area contributed by atoms with Crippen molar-refractivity contribution in [3.63, 3.8) is 0 Å². The Balaban J connectivity index is 2.56. The molecule has 2 nitrogen and oxygen atoms in total. The molecule has 0 N–H and O–H groups in total. The summed E-state index contributed by atoms with van der Waals surface area (Å²) < 4.78 is 0. The summed E-state index contributed by atoms with van der Waals surface area (Å²) in [4.78, 5) is 8.28. The molecule has 0 fully saturated rings. The first kappa shape index (κ1) is 8.44. The van der Waals surface area contributed by atoms with Gasteiger partial charge in [-0.2, -0.15) is 0 Å². The lowest BCUT2D eigenvalue weighted by molar-refractivity contribution is 0.314. The van der Waals surface area contributed by atoms with Gasteiger partial charge in [-0.1, -0.05) is 27.2 Å². The third-order valence-corrected chi connectivity index (χ3v) is 2.22. The first-order valence-electron chi connectivity index (χ1n) is 4.22. The lowest BCUT2D eigenvalue weighted by Crippen LogP contribution is -2.27. The molecule has 0 bridgehead atoms. The molecule has 1 rings (SSSR count). The summed E-state index contributed by atoms with van der Waals surface area (Å²) >= 11 is 0. The normalized spacial score (nSPS) is 23.0. The Morgan fingerprint density at radius 3 is 2.64 bits per heavy atom. The van der Waals surface area contributed by atoms with Crippen LogP contribution in [0.3, 0.4) is 0 Å². The van der Waals surface area contributed by atoms with Crippen LogP contribution < -0.4 is 0 Å². The quantitative estimate of drug-likeness (QED) is 0.593. The largest absolute Gasteiger partial charge is 0.264 e. The molecule has 1 aliphatic rings. The van der Waals surface area contributed by atoms with Gasteiger partial charge in [0, 0.05) is 6.21 Å². The van der Waals surface area contributed by atoms with Gasteiger partial charge in [-0.25, -0.2) is 4.99 Å². The van der Waals surface area contributed by atoms with Crippen molar-refractivity contribution in [1.82, 2.24) is 0 Å². The Kier molecular flexibility index (Phi) is 2.42. The summed E-state index contributed by atoms with van der Waals surface area (Å²) in [6, 6.07) is 0.308. The molecule has 1 aliphatic heterocycles. The Hall–Kier alpha value is -0.660. The Bertz CT molecular complexity index is 168. The van der Waals surface area contributed by atoms with Crippen molar-refractivity contribution >= 4 is 12.6 Å². The van der Waals surface area contributed by atoms with Gasteiger partial charge in [-0.15, -0.1) is 0 Å². The van der Waals surface area contributed by atoms with Gasteiger partial charge in [0.1, 0.15) is 6.34 Å².